The second-order valence-electron chi connectivity index (χ2n) is 5.82. The van der Waals surface area contributed by atoms with Crippen molar-refractivity contribution >= 4 is 5.97 Å². The van der Waals surface area contributed by atoms with Crippen molar-refractivity contribution in [2.24, 2.45) is 0 Å². The molecule has 1 aliphatic heterocycles. The molecule has 0 radical (unpaired) electrons. The van der Waals surface area contributed by atoms with Crippen molar-refractivity contribution in [1.29, 1.82) is 0 Å². The van der Waals surface area contributed by atoms with Crippen LogP contribution in [0.1, 0.15) is 64.2 Å². The molecule has 1 heterocycles. The van der Waals surface area contributed by atoms with E-state index in [1.807, 2.05) is 0 Å². The van der Waals surface area contributed by atoms with Crippen molar-refractivity contribution in [3.63, 3.8) is 0 Å². The largest absolute Gasteiger partial charge is 0.460 e. The van der Waals surface area contributed by atoms with Crippen LogP contribution in [0.3, 0.4) is 0 Å². The van der Waals surface area contributed by atoms with Gasteiger partial charge in [0.2, 0.25) is 0 Å². The molecule has 2 saturated carbocycles. The summed E-state index contributed by atoms with van der Waals surface area (Å²) in [5.41, 5.74) is -0.107. The number of rotatable bonds is 2. The number of carbonyl (C=O) groups excluding carboxylic acids is 1. The molecular formula is C14H22O3. The second kappa shape index (κ2) is 4.60. The van der Waals surface area contributed by atoms with E-state index in [4.69, 9.17) is 9.47 Å². The normalized spacial score (nSPS) is 32.4. The smallest absolute Gasteiger partial charge is 0.338 e. The topological polar surface area (TPSA) is 38.8 Å². The number of ether oxygens (including phenoxy) is 2. The maximum Gasteiger partial charge on any atom is 0.338 e. The first-order valence-electron chi connectivity index (χ1n) is 7.18. The molecule has 0 aromatic carbocycles. The molecule has 3 heteroatoms. The van der Waals surface area contributed by atoms with Crippen LogP contribution < -0.4 is 0 Å². The van der Waals surface area contributed by atoms with Crippen LogP contribution in [0.2, 0.25) is 0 Å². The maximum absolute atomic E-state index is 12.0. The number of hydrogen-bond acceptors (Lipinski definition) is 3. The summed E-state index contributed by atoms with van der Waals surface area (Å²) in [5.74, 6) is -0.0844. The van der Waals surface area contributed by atoms with Gasteiger partial charge in [-0.2, -0.15) is 0 Å². The Hall–Kier alpha value is -0.570. The summed E-state index contributed by atoms with van der Waals surface area (Å²) < 4.78 is 11.3. The van der Waals surface area contributed by atoms with Crippen molar-refractivity contribution < 1.29 is 14.3 Å². The maximum atomic E-state index is 12.0. The Morgan fingerprint density at radius 1 is 1.00 bits per heavy atom. The van der Waals surface area contributed by atoms with Crippen LogP contribution in [0, 0.1) is 0 Å². The van der Waals surface area contributed by atoms with Crippen molar-refractivity contribution in [2.75, 3.05) is 0 Å². The lowest BCUT2D eigenvalue weighted by atomic mass is 9.86. The predicted molar refractivity (Wildman–Crippen MR) is 63.7 cm³/mol. The highest BCUT2D eigenvalue weighted by molar-refractivity contribution is 5.79. The Balaban J connectivity index is 1.50. The Morgan fingerprint density at radius 3 is 2.35 bits per heavy atom. The molecular weight excluding hydrogens is 216 g/mol. The monoisotopic (exact) mass is 238 g/mol. The van der Waals surface area contributed by atoms with Crippen molar-refractivity contribution in [3.8, 4) is 0 Å². The van der Waals surface area contributed by atoms with Crippen LogP contribution >= 0.6 is 0 Å². The summed E-state index contributed by atoms with van der Waals surface area (Å²) in [6, 6.07) is 0. The van der Waals surface area contributed by atoms with Crippen molar-refractivity contribution in [2.45, 2.75) is 82.0 Å². The molecule has 2 aliphatic carbocycles. The zero-order valence-corrected chi connectivity index (χ0v) is 10.5. The van der Waals surface area contributed by atoms with E-state index in [2.05, 4.69) is 0 Å². The molecule has 0 N–H and O–H groups in total. The summed E-state index contributed by atoms with van der Waals surface area (Å²) in [5, 5.41) is 0. The molecule has 17 heavy (non-hydrogen) atoms. The Kier molecular flexibility index (Phi) is 3.12. The molecule has 3 aliphatic rings. The molecule has 3 fully saturated rings. The fourth-order valence-corrected chi connectivity index (χ4v) is 3.40. The molecule has 1 saturated heterocycles. The fourth-order valence-electron chi connectivity index (χ4n) is 3.40. The van der Waals surface area contributed by atoms with Crippen LogP contribution in [0.4, 0.5) is 0 Å². The first-order valence-corrected chi connectivity index (χ1v) is 7.18. The summed E-state index contributed by atoms with van der Waals surface area (Å²) in [6.07, 6.45) is 11.5. The lowest BCUT2D eigenvalue weighted by Gasteiger charge is -2.22. The van der Waals surface area contributed by atoms with Crippen LogP contribution in [0.5, 0.6) is 0 Å². The van der Waals surface area contributed by atoms with Gasteiger partial charge in [0.15, 0.2) is 6.10 Å². The molecule has 1 unspecified atom stereocenters. The molecule has 0 amide bonds. The zero-order valence-electron chi connectivity index (χ0n) is 10.5. The van der Waals surface area contributed by atoms with Crippen molar-refractivity contribution in [3.05, 3.63) is 0 Å². The van der Waals surface area contributed by atoms with Gasteiger partial charge in [-0.05, 0) is 38.5 Å². The summed E-state index contributed by atoms with van der Waals surface area (Å²) >= 11 is 0. The molecule has 1 atom stereocenters. The minimum Gasteiger partial charge on any atom is -0.460 e. The van der Waals surface area contributed by atoms with Gasteiger partial charge in [0.1, 0.15) is 11.7 Å². The number of esters is 1. The fraction of sp³-hybridized carbons (Fsp3) is 0.929. The Bertz CT molecular complexity index is 288. The lowest BCUT2D eigenvalue weighted by molar-refractivity contribution is -0.152. The highest BCUT2D eigenvalue weighted by Gasteiger charge is 2.61. The van der Waals surface area contributed by atoms with E-state index >= 15 is 0 Å². The molecule has 0 bridgehead atoms. The highest BCUT2D eigenvalue weighted by atomic mass is 16.7. The van der Waals surface area contributed by atoms with Gasteiger partial charge in [0.05, 0.1) is 0 Å². The second-order valence-corrected chi connectivity index (χ2v) is 5.82. The van der Waals surface area contributed by atoms with Crippen LogP contribution in [-0.4, -0.2) is 23.8 Å². The minimum atomic E-state index is -0.232. The summed E-state index contributed by atoms with van der Waals surface area (Å²) in [4.78, 5) is 12.0. The quantitative estimate of drug-likeness (QED) is 0.548. The third kappa shape index (κ3) is 2.35. The Labute approximate surface area is 103 Å². The van der Waals surface area contributed by atoms with Gasteiger partial charge in [-0.25, -0.2) is 4.79 Å². The summed E-state index contributed by atoms with van der Waals surface area (Å²) in [6.45, 7) is 0. The zero-order chi connectivity index (χ0) is 11.7. The molecule has 0 aromatic heterocycles. The van der Waals surface area contributed by atoms with Crippen LogP contribution in [0.15, 0.2) is 0 Å². The third-order valence-electron chi connectivity index (χ3n) is 4.52. The first-order chi connectivity index (χ1) is 8.30. The molecule has 3 nitrogen and oxygen atoms in total. The molecule has 0 aromatic rings. The average Bonchev–Trinajstić information content (AvgIpc) is 3.05. The van der Waals surface area contributed by atoms with Crippen LogP contribution in [0.25, 0.3) is 0 Å². The van der Waals surface area contributed by atoms with Gasteiger partial charge in [0, 0.05) is 0 Å². The summed E-state index contributed by atoms with van der Waals surface area (Å²) in [7, 11) is 0. The molecule has 96 valence electrons. The Morgan fingerprint density at radius 2 is 1.65 bits per heavy atom. The lowest BCUT2D eigenvalue weighted by Crippen LogP contribution is -2.29. The third-order valence-corrected chi connectivity index (χ3v) is 4.52. The van der Waals surface area contributed by atoms with E-state index < -0.39 is 0 Å². The SMILES string of the molecule is O=C(OC1CCCCC1)C1OC12CCCCC2. The van der Waals surface area contributed by atoms with E-state index in [1.54, 1.807) is 0 Å². The molecule has 1 spiro atoms. The predicted octanol–water partition coefficient (Wildman–Crippen LogP) is 2.96. The van der Waals surface area contributed by atoms with Crippen LogP contribution in [-0.2, 0) is 14.3 Å². The van der Waals surface area contributed by atoms with E-state index in [9.17, 15) is 4.79 Å². The van der Waals surface area contributed by atoms with E-state index in [-0.39, 0.29) is 23.8 Å². The van der Waals surface area contributed by atoms with E-state index in [1.165, 1.54) is 38.5 Å². The highest BCUT2D eigenvalue weighted by Crippen LogP contribution is 2.48. The van der Waals surface area contributed by atoms with Gasteiger partial charge in [0.25, 0.3) is 0 Å². The number of epoxide rings is 1. The van der Waals surface area contributed by atoms with E-state index in [0.29, 0.717) is 0 Å². The van der Waals surface area contributed by atoms with Crippen molar-refractivity contribution in [1.82, 2.24) is 0 Å². The van der Waals surface area contributed by atoms with Gasteiger partial charge in [-0.3, -0.25) is 0 Å². The van der Waals surface area contributed by atoms with Gasteiger partial charge in [-0.15, -0.1) is 0 Å². The van der Waals surface area contributed by atoms with Gasteiger partial charge >= 0.3 is 5.97 Å². The van der Waals surface area contributed by atoms with Gasteiger partial charge < -0.3 is 9.47 Å². The number of carbonyl (C=O) groups is 1. The molecule has 3 rings (SSSR count). The average molecular weight is 238 g/mol. The van der Waals surface area contributed by atoms with E-state index in [0.717, 1.165) is 25.7 Å². The standard InChI is InChI=1S/C14H22O3/c15-13(16-11-7-3-1-4-8-11)12-14(17-12)9-5-2-6-10-14/h11-12H,1-10H2. The first kappa shape index (κ1) is 11.5. The van der Waals surface area contributed by atoms with Gasteiger partial charge in [-0.1, -0.05) is 25.7 Å². The number of hydrogen-bond donors (Lipinski definition) is 0. The minimum absolute atomic E-state index is 0.0844.